The Balaban J connectivity index is 1.80. The lowest BCUT2D eigenvalue weighted by molar-refractivity contribution is 0.401. The van der Waals surface area contributed by atoms with E-state index in [1.807, 2.05) is 12.1 Å². The minimum Gasteiger partial charge on any atom is -0.459 e. The van der Waals surface area contributed by atoms with Crippen LogP contribution in [0.2, 0.25) is 0 Å². The molecule has 1 heterocycles. The highest BCUT2D eigenvalue weighted by Crippen LogP contribution is 2.28. The Kier molecular flexibility index (Phi) is 3.44. The third-order valence-electron chi connectivity index (χ3n) is 3.77. The van der Waals surface area contributed by atoms with Crippen molar-refractivity contribution in [1.29, 1.82) is 0 Å². The van der Waals surface area contributed by atoms with Crippen LogP contribution in [0.25, 0.3) is 11.0 Å². The summed E-state index contributed by atoms with van der Waals surface area (Å²) in [6.45, 7) is 2.19. The fourth-order valence-electron chi connectivity index (χ4n) is 2.78. The van der Waals surface area contributed by atoms with E-state index < -0.39 is 0 Å². The molecular formula is C15H18BrNO. The van der Waals surface area contributed by atoms with Crippen LogP contribution in [0.4, 0.5) is 0 Å². The Morgan fingerprint density at radius 1 is 1.28 bits per heavy atom. The second-order valence-electron chi connectivity index (χ2n) is 5.20. The molecule has 1 aliphatic carbocycles. The molecule has 1 atom stereocenters. The summed E-state index contributed by atoms with van der Waals surface area (Å²) in [5, 5.41) is 4.83. The molecule has 0 amide bonds. The molecule has 1 unspecified atom stereocenters. The first-order chi connectivity index (χ1) is 8.72. The van der Waals surface area contributed by atoms with Crippen molar-refractivity contribution in [2.75, 3.05) is 0 Å². The maximum Gasteiger partial charge on any atom is 0.134 e. The molecule has 1 fully saturated rings. The number of furan rings is 1. The number of hydrogen-bond donors (Lipinski definition) is 1. The molecule has 1 aromatic heterocycles. The van der Waals surface area contributed by atoms with Gasteiger partial charge in [-0.3, -0.25) is 0 Å². The molecule has 3 heteroatoms. The van der Waals surface area contributed by atoms with E-state index in [2.05, 4.69) is 40.3 Å². The number of fused-ring (bicyclic) bond motifs is 1. The molecule has 3 rings (SSSR count). The molecule has 0 radical (unpaired) electrons. The summed E-state index contributed by atoms with van der Waals surface area (Å²) < 4.78 is 7.01. The molecule has 0 spiro atoms. The van der Waals surface area contributed by atoms with Crippen LogP contribution in [-0.4, -0.2) is 6.04 Å². The van der Waals surface area contributed by atoms with E-state index in [1.54, 1.807) is 0 Å². The van der Waals surface area contributed by atoms with Crippen LogP contribution in [0.15, 0.2) is 33.2 Å². The summed E-state index contributed by atoms with van der Waals surface area (Å²) in [5.41, 5.74) is 0.966. The molecule has 1 N–H and O–H groups in total. The minimum absolute atomic E-state index is 0.291. The number of halogens is 1. The Morgan fingerprint density at radius 3 is 2.83 bits per heavy atom. The molecule has 2 aromatic rings. The van der Waals surface area contributed by atoms with Crippen molar-refractivity contribution in [3.8, 4) is 0 Å². The van der Waals surface area contributed by atoms with Crippen LogP contribution in [0.3, 0.4) is 0 Å². The van der Waals surface area contributed by atoms with E-state index in [9.17, 15) is 0 Å². The molecule has 1 saturated carbocycles. The average Bonchev–Trinajstić information content (AvgIpc) is 2.96. The normalized spacial score (nSPS) is 18.6. The van der Waals surface area contributed by atoms with Crippen molar-refractivity contribution in [2.45, 2.75) is 44.7 Å². The van der Waals surface area contributed by atoms with Gasteiger partial charge in [0.1, 0.15) is 11.3 Å². The van der Waals surface area contributed by atoms with Crippen LogP contribution in [0, 0.1) is 0 Å². The molecular weight excluding hydrogens is 290 g/mol. The van der Waals surface area contributed by atoms with Crippen molar-refractivity contribution in [3.63, 3.8) is 0 Å². The van der Waals surface area contributed by atoms with Crippen molar-refractivity contribution >= 4 is 26.9 Å². The zero-order chi connectivity index (χ0) is 12.5. The van der Waals surface area contributed by atoms with Crippen LogP contribution in [0.1, 0.15) is 44.4 Å². The molecule has 0 aliphatic heterocycles. The molecule has 0 saturated heterocycles. The van der Waals surface area contributed by atoms with E-state index in [0.717, 1.165) is 15.8 Å². The zero-order valence-corrected chi connectivity index (χ0v) is 12.2. The van der Waals surface area contributed by atoms with Gasteiger partial charge in [0.2, 0.25) is 0 Å². The minimum atomic E-state index is 0.291. The number of benzene rings is 1. The Bertz CT molecular complexity index is 542. The first-order valence-corrected chi connectivity index (χ1v) is 7.47. The van der Waals surface area contributed by atoms with Crippen LogP contribution in [0.5, 0.6) is 0 Å². The Labute approximate surface area is 116 Å². The van der Waals surface area contributed by atoms with Gasteiger partial charge in [0.25, 0.3) is 0 Å². The van der Waals surface area contributed by atoms with E-state index in [4.69, 9.17) is 4.42 Å². The van der Waals surface area contributed by atoms with Gasteiger partial charge in [-0.15, -0.1) is 0 Å². The van der Waals surface area contributed by atoms with Crippen molar-refractivity contribution in [3.05, 3.63) is 34.5 Å². The van der Waals surface area contributed by atoms with E-state index >= 15 is 0 Å². The van der Waals surface area contributed by atoms with Crippen LogP contribution >= 0.6 is 15.9 Å². The van der Waals surface area contributed by atoms with Crippen LogP contribution < -0.4 is 5.32 Å². The molecule has 1 aromatic carbocycles. The topological polar surface area (TPSA) is 25.2 Å². The number of hydrogen-bond acceptors (Lipinski definition) is 2. The van der Waals surface area contributed by atoms with Gasteiger partial charge in [-0.2, -0.15) is 0 Å². The Hall–Kier alpha value is -0.800. The van der Waals surface area contributed by atoms with Crippen molar-refractivity contribution in [2.24, 2.45) is 0 Å². The summed E-state index contributed by atoms with van der Waals surface area (Å²) in [6, 6.07) is 9.24. The first kappa shape index (κ1) is 12.2. The van der Waals surface area contributed by atoms with E-state index in [0.29, 0.717) is 12.1 Å². The lowest BCUT2D eigenvalue weighted by Gasteiger charge is -2.16. The SMILES string of the molecule is CC(NC1CCCC1)c1cc2cc(Br)ccc2o1. The van der Waals surface area contributed by atoms with Gasteiger partial charge < -0.3 is 9.73 Å². The van der Waals surface area contributed by atoms with Gasteiger partial charge in [-0.05, 0) is 44.0 Å². The third kappa shape index (κ3) is 2.47. The zero-order valence-electron chi connectivity index (χ0n) is 10.6. The summed E-state index contributed by atoms with van der Waals surface area (Å²) in [4.78, 5) is 0. The number of nitrogens with one attached hydrogen (secondary N) is 1. The third-order valence-corrected chi connectivity index (χ3v) is 4.26. The summed E-state index contributed by atoms with van der Waals surface area (Å²) in [5.74, 6) is 1.04. The van der Waals surface area contributed by atoms with Gasteiger partial charge in [0.05, 0.1) is 6.04 Å². The summed E-state index contributed by atoms with van der Waals surface area (Å²) in [7, 11) is 0. The summed E-state index contributed by atoms with van der Waals surface area (Å²) >= 11 is 3.49. The second-order valence-corrected chi connectivity index (χ2v) is 6.12. The van der Waals surface area contributed by atoms with Crippen molar-refractivity contribution < 1.29 is 4.42 Å². The summed E-state index contributed by atoms with van der Waals surface area (Å²) in [6.07, 6.45) is 5.32. The second kappa shape index (κ2) is 5.06. The maximum atomic E-state index is 5.91. The van der Waals surface area contributed by atoms with Gasteiger partial charge in [-0.25, -0.2) is 0 Å². The van der Waals surface area contributed by atoms with Gasteiger partial charge in [0.15, 0.2) is 0 Å². The predicted molar refractivity (Wildman–Crippen MR) is 77.7 cm³/mol. The highest BCUT2D eigenvalue weighted by molar-refractivity contribution is 9.10. The van der Waals surface area contributed by atoms with Crippen molar-refractivity contribution in [1.82, 2.24) is 5.32 Å². The largest absolute Gasteiger partial charge is 0.459 e. The molecule has 2 nitrogen and oxygen atoms in total. The van der Waals surface area contributed by atoms with E-state index in [-0.39, 0.29) is 0 Å². The standard InChI is InChI=1S/C15H18BrNO/c1-10(17-13-4-2-3-5-13)15-9-11-8-12(16)6-7-14(11)18-15/h6-10,13,17H,2-5H2,1H3. The van der Waals surface area contributed by atoms with Gasteiger partial charge in [0, 0.05) is 15.9 Å². The monoisotopic (exact) mass is 307 g/mol. The Morgan fingerprint density at radius 2 is 2.06 bits per heavy atom. The lowest BCUT2D eigenvalue weighted by atomic mass is 10.1. The maximum absolute atomic E-state index is 5.91. The average molecular weight is 308 g/mol. The number of rotatable bonds is 3. The molecule has 1 aliphatic rings. The molecule has 96 valence electrons. The predicted octanol–water partition coefficient (Wildman–Crippen LogP) is 4.79. The quantitative estimate of drug-likeness (QED) is 0.882. The van der Waals surface area contributed by atoms with E-state index in [1.165, 1.54) is 31.1 Å². The molecule has 18 heavy (non-hydrogen) atoms. The first-order valence-electron chi connectivity index (χ1n) is 6.67. The highest BCUT2D eigenvalue weighted by Gasteiger charge is 2.19. The van der Waals surface area contributed by atoms with Gasteiger partial charge >= 0.3 is 0 Å². The van der Waals surface area contributed by atoms with Gasteiger partial charge in [-0.1, -0.05) is 28.8 Å². The smallest absolute Gasteiger partial charge is 0.134 e. The molecule has 0 bridgehead atoms. The lowest BCUT2D eigenvalue weighted by Crippen LogP contribution is -2.28. The fraction of sp³-hybridized carbons (Fsp3) is 0.467. The van der Waals surface area contributed by atoms with Crippen LogP contribution in [-0.2, 0) is 0 Å². The fourth-order valence-corrected chi connectivity index (χ4v) is 3.16. The highest BCUT2D eigenvalue weighted by atomic mass is 79.9.